The third-order valence-electron chi connectivity index (χ3n) is 4.94. The number of carbonyl (C=O) groups is 1. The molecule has 0 unspecified atom stereocenters. The number of fused-ring (bicyclic) bond motifs is 1. The van der Waals surface area contributed by atoms with Gasteiger partial charge in [-0.25, -0.2) is 19.3 Å². The maximum atomic E-state index is 14.9. The van der Waals surface area contributed by atoms with Gasteiger partial charge in [0.25, 0.3) is 0 Å². The smallest absolute Gasteiger partial charge is 0.312 e. The van der Waals surface area contributed by atoms with Crippen molar-refractivity contribution in [1.29, 1.82) is 0 Å². The Kier molecular flexibility index (Phi) is 5.14. The van der Waals surface area contributed by atoms with Crippen LogP contribution in [0.2, 0.25) is 0 Å². The van der Waals surface area contributed by atoms with E-state index in [0.717, 1.165) is 11.2 Å². The second-order valence-corrected chi connectivity index (χ2v) is 7.97. The molecule has 0 radical (unpaired) electrons. The highest BCUT2D eigenvalue weighted by atomic mass is 19.1. The van der Waals surface area contributed by atoms with Crippen LogP contribution in [0.3, 0.4) is 0 Å². The number of rotatable bonds is 6. The van der Waals surface area contributed by atoms with Crippen molar-refractivity contribution in [1.82, 2.24) is 19.9 Å². The Morgan fingerprint density at radius 1 is 1.13 bits per heavy atom. The van der Waals surface area contributed by atoms with Gasteiger partial charge in [0.05, 0.1) is 16.5 Å². The Morgan fingerprint density at radius 3 is 2.58 bits per heavy atom. The van der Waals surface area contributed by atoms with E-state index in [9.17, 15) is 9.18 Å². The van der Waals surface area contributed by atoms with Gasteiger partial charge < -0.3 is 14.8 Å². The van der Waals surface area contributed by atoms with Gasteiger partial charge in [-0.2, -0.15) is 0 Å². The highest BCUT2D eigenvalue weighted by molar-refractivity contribution is 5.77. The summed E-state index contributed by atoms with van der Waals surface area (Å²) in [6.07, 6.45) is 1.56. The summed E-state index contributed by atoms with van der Waals surface area (Å²) < 4.78 is 20.3. The van der Waals surface area contributed by atoms with Crippen molar-refractivity contribution >= 4 is 17.1 Å². The summed E-state index contributed by atoms with van der Waals surface area (Å²) in [6, 6.07) is 12.0. The third-order valence-corrected chi connectivity index (χ3v) is 4.94. The Morgan fingerprint density at radius 2 is 1.90 bits per heavy atom. The fourth-order valence-corrected chi connectivity index (χ4v) is 2.95. The summed E-state index contributed by atoms with van der Waals surface area (Å²) in [5, 5.41) is 9.15. The lowest BCUT2D eigenvalue weighted by Crippen LogP contribution is -2.30. The zero-order valence-electron chi connectivity index (χ0n) is 17.3. The topological polar surface area (TPSA) is 101 Å². The van der Waals surface area contributed by atoms with Crippen LogP contribution in [0.15, 0.2) is 48.7 Å². The minimum absolute atomic E-state index is 0.0100. The van der Waals surface area contributed by atoms with Crippen LogP contribution >= 0.6 is 0 Å². The summed E-state index contributed by atoms with van der Waals surface area (Å²) in [6.45, 7) is 5.02. The summed E-state index contributed by atoms with van der Waals surface area (Å²) in [5.41, 5.74) is 2.81. The Balaban J connectivity index is 1.54. The second kappa shape index (κ2) is 7.79. The number of aryl methyl sites for hydroxylation is 1. The number of aliphatic carboxylic acids is 1. The molecular formula is C23H21FN4O3. The summed E-state index contributed by atoms with van der Waals surface area (Å²) >= 11 is 0. The largest absolute Gasteiger partial charge is 0.481 e. The van der Waals surface area contributed by atoms with Gasteiger partial charge in [-0.05, 0) is 56.7 Å². The number of imidazole rings is 1. The van der Waals surface area contributed by atoms with E-state index in [2.05, 4.69) is 19.9 Å². The standard InChI is InChI=1S/C23H21FN4O3/c1-13-4-8-18-21(26-13)28-20(27-18)16-7-5-14(10-17(16)24)15-6-9-19(25-11-15)31-12-23(2,3)22(29)30/h4-11H,12H2,1-3H3,(H,29,30)(H,26,27,28). The van der Waals surface area contributed by atoms with Gasteiger partial charge in [0, 0.05) is 23.5 Å². The van der Waals surface area contributed by atoms with Crippen molar-refractivity contribution in [2.24, 2.45) is 5.41 Å². The number of nitrogens with zero attached hydrogens (tertiary/aromatic N) is 3. The number of aromatic nitrogens is 4. The van der Waals surface area contributed by atoms with Crippen molar-refractivity contribution in [3.63, 3.8) is 0 Å². The Labute approximate surface area is 178 Å². The van der Waals surface area contributed by atoms with Crippen LogP contribution in [0.25, 0.3) is 33.7 Å². The summed E-state index contributed by atoms with van der Waals surface area (Å²) in [7, 11) is 0. The fraction of sp³-hybridized carbons (Fsp3) is 0.217. The number of pyridine rings is 2. The molecule has 4 aromatic rings. The molecule has 158 valence electrons. The first-order valence-electron chi connectivity index (χ1n) is 9.69. The van der Waals surface area contributed by atoms with Crippen LogP contribution < -0.4 is 4.74 Å². The van der Waals surface area contributed by atoms with Gasteiger partial charge in [-0.1, -0.05) is 6.07 Å². The molecule has 3 heterocycles. The number of hydrogen-bond donors (Lipinski definition) is 2. The summed E-state index contributed by atoms with van der Waals surface area (Å²) in [4.78, 5) is 27.2. The van der Waals surface area contributed by atoms with Crippen LogP contribution in [0.4, 0.5) is 4.39 Å². The number of hydrogen-bond acceptors (Lipinski definition) is 5. The van der Waals surface area contributed by atoms with Gasteiger partial charge in [0.2, 0.25) is 5.88 Å². The van der Waals surface area contributed by atoms with Crippen LogP contribution in [-0.4, -0.2) is 37.6 Å². The van der Waals surface area contributed by atoms with E-state index in [4.69, 9.17) is 9.84 Å². The number of ether oxygens (including phenoxy) is 1. The molecule has 0 atom stereocenters. The molecule has 8 heteroatoms. The van der Waals surface area contributed by atoms with Crippen molar-refractivity contribution in [3.05, 3.63) is 60.2 Å². The molecule has 0 saturated carbocycles. The van der Waals surface area contributed by atoms with Crippen molar-refractivity contribution in [2.45, 2.75) is 20.8 Å². The predicted octanol–water partition coefficient (Wildman–Crippen LogP) is 4.62. The van der Waals surface area contributed by atoms with Crippen molar-refractivity contribution in [3.8, 4) is 28.4 Å². The van der Waals surface area contributed by atoms with Crippen LogP contribution in [-0.2, 0) is 4.79 Å². The maximum absolute atomic E-state index is 14.9. The highest BCUT2D eigenvalue weighted by Gasteiger charge is 2.28. The molecule has 4 rings (SSSR count). The van der Waals surface area contributed by atoms with E-state index in [-0.39, 0.29) is 6.61 Å². The monoisotopic (exact) mass is 420 g/mol. The predicted molar refractivity (Wildman–Crippen MR) is 114 cm³/mol. The van der Waals surface area contributed by atoms with Gasteiger partial charge in [0.1, 0.15) is 18.2 Å². The highest BCUT2D eigenvalue weighted by Crippen LogP contribution is 2.28. The molecule has 31 heavy (non-hydrogen) atoms. The molecule has 0 amide bonds. The van der Waals surface area contributed by atoms with E-state index in [1.54, 1.807) is 44.3 Å². The molecular weight excluding hydrogens is 399 g/mol. The van der Waals surface area contributed by atoms with Gasteiger partial charge in [0.15, 0.2) is 5.65 Å². The molecule has 0 aliphatic heterocycles. The molecule has 0 saturated heterocycles. The second-order valence-electron chi connectivity index (χ2n) is 7.97. The lowest BCUT2D eigenvalue weighted by atomic mass is 9.95. The van der Waals surface area contributed by atoms with Gasteiger partial charge in [-0.3, -0.25) is 4.79 Å². The van der Waals surface area contributed by atoms with Crippen LogP contribution in [0.5, 0.6) is 5.88 Å². The number of nitrogens with one attached hydrogen (secondary N) is 1. The SMILES string of the molecule is Cc1ccc2[nH]c(-c3ccc(-c4ccc(OCC(C)(C)C(=O)O)nc4)cc3F)nc2n1. The van der Waals surface area contributed by atoms with Crippen molar-refractivity contribution < 1.29 is 19.0 Å². The zero-order valence-corrected chi connectivity index (χ0v) is 17.3. The average molecular weight is 420 g/mol. The molecule has 2 N–H and O–H groups in total. The number of aromatic amines is 1. The third kappa shape index (κ3) is 4.23. The minimum Gasteiger partial charge on any atom is -0.481 e. The zero-order chi connectivity index (χ0) is 22.2. The molecule has 0 fully saturated rings. The number of H-pyrrole nitrogens is 1. The molecule has 7 nitrogen and oxygen atoms in total. The quantitative estimate of drug-likeness (QED) is 0.472. The van der Waals surface area contributed by atoms with E-state index >= 15 is 0 Å². The van der Waals surface area contributed by atoms with E-state index in [0.29, 0.717) is 34.0 Å². The normalized spacial score (nSPS) is 11.6. The number of benzene rings is 1. The molecule has 0 aliphatic rings. The molecule has 0 bridgehead atoms. The number of carboxylic acids is 1. The van der Waals surface area contributed by atoms with E-state index in [1.165, 1.54) is 6.07 Å². The van der Waals surface area contributed by atoms with Crippen molar-refractivity contribution in [2.75, 3.05) is 6.61 Å². The molecule has 1 aromatic carbocycles. The van der Waals surface area contributed by atoms with Gasteiger partial charge in [-0.15, -0.1) is 0 Å². The van der Waals surface area contributed by atoms with Gasteiger partial charge >= 0.3 is 5.97 Å². The maximum Gasteiger partial charge on any atom is 0.312 e. The first kappa shape index (κ1) is 20.5. The lowest BCUT2D eigenvalue weighted by molar-refractivity contribution is -0.148. The first-order valence-corrected chi connectivity index (χ1v) is 9.69. The Bertz CT molecular complexity index is 1270. The number of carboxylic acid groups (broad SMARTS) is 1. The first-order chi connectivity index (χ1) is 14.7. The molecule has 0 aliphatic carbocycles. The lowest BCUT2D eigenvalue weighted by Gasteiger charge is -2.19. The van der Waals surface area contributed by atoms with Crippen LogP contribution in [0, 0.1) is 18.2 Å². The van der Waals surface area contributed by atoms with E-state index < -0.39 is 17.2 Å². The van der Waals surface area contributed by atoms with E-state index in [1.807, 2.05) is 19.1 Å². The minimum atomic E-state index is -1.02. The fourth-order valence-electron chi connectivity index (χ4n) is 2.95. The summed E-state index contributed by atoms with van der Waals surface area (Å²) in [5.74, 6) is -0.646. The number of halogens is 1. The molecule has 0 spiro atoms. The molecule has 3 aromatic heterocycles. The van der Waals surface area contributed by atoms with Crippen LogP contribution in [0.1, 0.15) is 19.5 Å². The Hall–Kier alpha value is -3.81. The average Bonchev–Trinajstić information content (AvgIpc) is 3.15.